The van der Waals surface area contributed by atoms with E-state index in [1.807, 2.05) is 32.0 Å². The highest BCUT2D eigenvalue weighted by Gasteiger charge is 2.14. The third kappa shape index (κ3) is 7.01. The highest BCUT2D eigenvalue weighted by Crippen LogP contribution is 2.26. The molecule has 3 rings (SSSR count). The first-order valence-electron chi connectivity index (χ1n) is 10.6. The molecule has 3 aromatic rings. The summed E-state index contributed by atoms with van der Waals surface area (Å²) in [5.74, 6) is -0.847. The smallest absolute Gasteiger partial charge is 0.271 e. The van der Waals surface area contributed by atoms with Crippen LogP contribution in [-0.4, -0.2) is 23.3 Å². The quantitative estimate of drug-likeness (QED) is 0.164. The molecule has 0 fully saturated rings. The van der Waals surface area contributed by atoms with Gasteiger partial charge in [-0.25, -0.2) is 0 Å². The Morgan fingerprint density at radius 2 is 1.81 bits per heavy atom. The number of nitrogens with zero attached hydrogens (tertiary/aromatic N) is 2. The summed E-state index contributed by atoms with van der Waals surface area (Å²) in [4.78, 5) is 35.4. The largest absolute Gasteiger partial charge is 0.483 e. The highest BCUT2D eigenvalue weighted by atomic mass is 79.9. The predicted octanol–water partition coefficient (Wildman–Crippen LogP) is 5.54. The lowest BCUT2D eigenvalue weighted by molar-refractivity contribution is -0.384. The van der Waals surface area contributed by atoms with Crippen molar-refractivity contribution in [3.05, 3.63) is 97.5 Å². The average molecular weight is 549 g/mol. The topological polar surface area (TPSA) is 134 Å². The van der Waals surface area contributed by atoms with E-state index in [2.05, 4.69) is 26.6 Å². The third-order valence-corrected chi connectivity index (χ3v) is 5.59. The fourth-order valence-corrected chi connectivity index (χ4v) is 3.50. The van der Waals surface area contributed by atoms with E-state index in [9.17, 15) is 25.0 Å². The van der Waals surface area contributed by atoms with Gasteiger partial charge in [0.1, 0.15) is 17.4 Å². The number of nitro benzene ring substituents is 1. The molecule has 0 radical (unpaired) electrons. The zero-order valence-electron chi connectivity index (χ0n) is 19.4. The number of aryl methyl sites for hydroxylation is 2. The molecule has 0 aliphatic heterocycles. The van der Waals surface area contributed by atoms with Gasteiger partial charge < -0.3 is 15.4 Å². The van der Waals surface area contributed by atoms with Crippen LogP contribution in [0.4, 0.5) is 17.1 Å². The Hall–Kier alpha value is -4.49. The number of amides is 2. The van der Waals surface area contributed by atoms with Gasteiger partial charge in [0.15, 0.2) is 6.61 Å². The first kappa shape index (κ1) is 26.1. The minimum Gasteiger partial charge on any atom is -0.483 e. The summed E-state index contributed by atoms with van der Waals surface area (Å²) >= 11 is 3.35. The van der Waals surface area contributed by atoms with Crippen molar-refractivity contribution in [3.63, 3.8) is 0 Å². The maximum absolute atomic E-state index is 12.7. The number of anilines is 2. The molecule has 0 heterocycles. The molecular formula is C26H21BrN4O5. The number of hydrogen-bond acceptors (Lipinski definition) is 6. The molecule has 0 atom stereocenters. The summed E-state index contributed by atoms with van der Waals surface area (Å²) in [5.41, 5.74) is 2.89. The van der Waals surface area contributed by atoms with E-state index in [-0.39, 0.29) is 35.2 Å². The lowest BCUT2D eigenvalue weighted by Crippen LogP contribution is -2.20. The fourth-order valence-electron chi connectivity index (χ4n) is 3.12. The van der Waals surface area contributed by atoms with Crippen LogP contribution in [0.1, 0.15) is 16.7 Å². The predicted molar refractivity (Wildman–Crippen MR) is 139 cm³/mol. The Balaban J connectivity index is 1.75. The minimum atomic E-state index is -0.753. The highest BCUT2D eigenvalue weighted by molar-refractivity contribution is 9.10. The van der Waals surface area contributed by atoms with Gasteiger partial charge in [-0.15, -0.1) is 0 Å². The van der Waals surface area contributed by atoms with Gasteiger partial charge in [0.25, 0.3) is 17.5 Å². The number of ether oxygens (including phenoxy) is 1. The van der Waals surface area contributed by atoms with Gasteiger partial charge in [-0.2, -0.15) is 5.26 Å². The van der Waals surface area contributed by atoms with Crippen molar-refractivity contribution in [1.29, 1.82) is 5.26 Å². The van der Waals surface area contributed by atoms with Crippen molar-refractivity contribution in [2.45, 2.75) is 13.8 Å². The number of nitriles is 1. The van der Waals surface area contributed by atoms with Gasteiger partial charge >= 0.3 is 0 Å². The Bertz CT molecular complexity index is 1410. The molecule has 9 nitrogen and oxygen atoms in total. The molecule has 0 aromatic heterocycles. The van der Waals surface area contributed by atoms with Crippen LogP contribution in [0.25, 0.3) is 6.08 Å². The van der Waals surface area contributed by atoms with Gasteiger partial charge in [-0.05, 0) is 67.4 Å². The molecule has 3 aromatic carbocycles. The van der Waals surface area contributed by atoms with Crippen LogP contribution in [0.5, 0.6) is 5.75 Å². The summed E-state index contributed by atoms with van der Waals surface area (Å²) in [5, 5.41) is 25.8. The Kier molecular flexibility index (Phi) is 8.54. The summed E-state index contributed by atoms with van der Waals surface area (Å²) in [6.07, 6.45) is 1.31. The molecule has 0 aliphatic rings. The number of carbonyl (C=O) groups is 2. The van der Waals surface area contributed by atoms with Crippen molar-refractivity contribution < 1.29 is 19.2 Å². The molecule has 2 N–H and O–H groups in total. The van der Waals surface area contributed by atoms with Gasteiger partial charge in [0, 0.05) is 33.5 Å². The maximum atomic E-state index is 12.7. The average Bonchev–Trinajstić information content (AvgIpc) is 2.84. The van der Waals surface area contributed by atoms with Gasteiger partial charge in [-0.1, -0.05) is 28.1 Å². The number of rotatable bonds is 8. The molecule has 0 unspecified atom stereocenters. The number of halogens is 1. The number of non-ortho nitro benzene ring substituents is 1. The summed E-state index contributed by atoms with van der Waals surface area (Å²) in [6, 6.07) is 17.7. The maximum Gasteiger partial charge on any atom is 0.271 e. The minimum absolute atomic E-state index is 0.170. The first-order valence-corrected chi connectivity index (χ1v) is 11.4. The van der Waals surface area contributed by atoms with Crippen LogP contribution in [-0.2, 0) is 9.59 Å². The van der Waals surface area contributed by atoms with E-state index in [1.165, 1.54) is 30.3 Å². The zero-order chi connectivity index (χ0) is 26.2. The SMILES string of the molecule is Cc1ccc(NC(=O)COc2ccc(Br)cc2/C=C(/C#N)C(=O)Nc2cccc([N+](=O)[O-])c2)cc1C. The van der Waals surface area contributed by atoms with Crippen LogP contribution in [0.2, 0.25) is 0 Å². The fraction of sp³-hybridized carbons (Fsp3) is 0.115. The molecule has 2 amide bonds. The van der Waals surface area contributed by atoms with E-state index in [1.54, 1.807) is 24.3 Å². The summed E-state index contributed by atoms with van der Waals surface area (Å²) in [6.45, 7) is 3.63. The number of nitro groups is 1. The van der Waals surface area contributed by atoms with Crippen LogP contribution in [0, 0.1) is 35.3 Å². The summed E-state index contributed by atoms with van der Waals surface area (Å²) < 4.78 is 6.34. The van der Waals surface area contributed by atoms with E-state index in [4.69, 9.17) is 4.74 Å². The lowest BCUT2D eigenvalue weighted by atomic mass is 10.1. The van der Waals surface area contributed by atoms with E-state index < -0.39 is 10.8 Å². The molecule has 0 saturated carbocycles. The Morgan fingerprint density at radius 1 is 1.06 bits per heavy atom. The molecule has 36 heavy (non-hydrogen) atoms. The lowest BCUT2D eigenvalue weighted by Gasteiger charge is -2.12. The van der Waals surface area contributed by atoms with Crippen LogP contribution < -0.4 is 15.4 Å². The van der Waals surface area contributed by atoms with Gasteiger partial charge in [0.05, 0.1) is 4.92 Å². The Labute approximate surface area is 215 Å². The van der Waals surface area contributed by atoms with E-state index in [0.29, 0.717) is 15.7 Å². The van der Waals surface area contributed by atoms with Crippen molar-refractivity contribution in [2.24, 2.45) is 0 Å². The van der Waals surface area contributed by atoms with Crippen molar-refractivity contribution >= 4 is 50.9 Å². The molecule has 0 aliphatic carbocycles. The number of nitrogens with one attached hydrogen (secondary N) is 2. The number of hydrogen-bond donors (Lipinski definition) is 2. The number of benzene rings is 3. The van der Waals surface area contributed by atoms with Crippen molar-refractivity contribution in [2.75, 3.05) is 17.2 Å². The van der Waals surface area contributed by atoms with Crippen molar-refractivity contribution in [1.82, 2.24) is 0 Å². The van der Waals surface area contributed by atoms with Crippen LogP contribution in [0.15, 0.2) is 70.7 Å². The zero-order valence-corrected chi connectivity index (χ0v) is 21.0. The molecule has 0 spiro atoms. The van der Waals surface area contributed by atoms with Crippen LogP contribution in [0.3, 0.4) is 0 Å². The van der Waals surface area contributed by atoms with E-state index in [0.717, 1.165) is 11.1 Å². The van der Waals surface area contributed by atoms with Gasteiger partial charge in [-0.3, -0.25) is 19.7 Å². The van der Waals surface area contributed by atoms with Gasteiger partial charge in [0.2, 0.25) is 0 Å². The second kappa shape index (κ2) is 11.8. The monoisotopic (exact) mass is 548 g/mol. The third-order valence-electron chi connectivity index (χ3n) is 5.10. The normalized spacial score (nSPS) is 10.8. The molecule has 182 valence electrons. The molecular weight excluding hydrogens is 528 g/mol. The van der Waals surface area contributed by atoms with E-state index >= 15 is 0 Å². The number of carbonyl (C=O) groups excluding carboxylic acids is 2. The second-order valence-electron chi connectivity index (χ2n) is 7.75. The first-order chi connectivity index (χ1) is 17.2. The molecule has 0 bridgehead atoms. The Morgan fingerprint density at radius 3 is 2.50 bits per heavy atom. The standard InChI is InChI=1S/C26H21BrN4O5/c1-16-6-8-22(10-17(16)2)29-25(32)15-36-24-9-7-20(27)12-18(24)11-19(14-28)26(33)30-21-4-3-5-23(13-21)31(34)35/h3-13H,15H2,1-2H3,(H,29,32)(H,30,33)/b19-11-. The van der Waals surface area contributed by atoms with Crippen molar-refractivity contribution in [3.8, 4) is 11.8 Å². The molecule has 0 saturated heterocycles. The molecule has 10 heteroatoms. The summed E-state index contributed by atoms with van der Waals surface area (Å²) in [7, 11) is 0. The second-order valence-corrected chi connectivity index (χ2v) is 8.67. The van der Waals surface area contributed by atoms with Crippen LogP contribution >= 0.6 is 15.9 Å².